The van der Waals surface area contributed by atoms with Crippen LogP contribution in [0, 0.1) is 5.92 Å². The maximum Gasteiger partial charge on any atom is 0.162 e. The maximum absolute atomic E-state index is 10.1. The molecule has 0 bridgehead atoms. The molecule has 2 rings (SSSR count). The number of hydrogen-bond acceptors (Lipinski definition) is 4. The largest absolute Gasteiger partial charge is 0.396 e. The monoisotopic (exact) mass is 258 g/mol. The quantitative estimate of drug-likeness (QED) is 0.396. The van der Waals surface area contributed by atoms with Gasteiger partial charge >= 0.3 is 0 Å². The molecule has 1 aliphatic carbocycles. The van der Waals surface area contributed by atoms with Gasteiger partial charge in [-0.15, -0.1) is 0 Å². The lowest BCUT2D eigenvalue weighted by Gasteiger charge is -2.27. The SMILES string of the molecule is CC(O)(CCCCCO)OCC1CCC2OC2C1. The van der Waals surface area contributed by atoms with Crippen LogP contribution in [0.5, 0.6) is 0 Å². The second-order valence-electron chi connectivity index (χ2n) is 5.91. The normalized spacial score (nSPS) is 33.8. The lowest BCUT2D eigenvalue weighted by atomic mass is 9.90. The number of ether oxygens (including phenoxy) is 2. The van der Waals surface area contributed by atoms with Crippen molar-refractivity contribution in [3.8, 4) is 0 Å². The zero-order valence-electron chi connectivity index (χ0n) is 11.3. The fourth-order valence-electron chi connectivity index (χ4n) is 2.75. The van der Waals surface area contributed by atoms with Gasteiger partial charge in [0.15, 0.2) is 5.79 Å². The van der Waals surface area contributed by atoms with Crippen molar-refractivity contribution in [1.29, 1.82) is 0 Å². The minimum absolute atomic E-state index is 0.230. The zero-order chi connectivity index (χ0) is 13.0. The summed E-state index contributed by atoms with van der Waals surface area (Å²) in [5, 5.41) is 18.8. The first kappa shape index (κ1) is 14.3. The first-order valence-electron chi connectivity index (χ1n) is 7.23. The van der Waals surface area contributed by atoms with Crippen LogP contribution in [-0.2, 0) is 9.47 Å². The average Bonchev–Trinajstić information content (AvgIpc) is 3.11. The predicted molar refractivity (Wildman–Crippen MR) is 68.1 cm³/mol. The predicted octanol–water partition coefficient (Wildman–Crippen LogP) is 1.83. The van der Waals surface area contributed by atoms with Gasteiger partial charge < -0.3 is 19.7 Å². The molecule has 2 aliphatic rings. The van der Waals surface area contributed by atoms with Crippen molar-refractivity contribution >= 4 is 0 Å². The number of aliphatic hydroxyl groups excluding tert-OH is 1. The first-order chi connectivity index (χ1) is 8.61. The molecule has 0 spiro atoms. The van der Waals surface area contributed by atoms with Gasteiger partial charge in [-0.3, -0.25) is 0 Å². The topological polar surface area (TPSA) is 62.2 Å². The minimum atomic E-state index is -1.02. The van der Waals surface area contributed by atoms with Crippen molar-refractivity contribution in [3.63, 3.8) is 0 Å². The number of rotatable bonds is 8. The standard InChI is InChI=1S/C14H26O4/c1-14(16,7-3-2-4-8-15)17-10-11-5-6-12-13(9-11)18-12/h11-13,15-16H,2-10H2,1H3. The van der Waals surface area contributed by atoms with Gasteiger partial charge in [0.1, 0.15) is 0 Å². The molecule has 4 unspecified atom stereocenters. The summed E-state index contributed by atoms with van der Waals surface area (Å²) in [5.41, 5.74) is 0. The maximum atomic E-state index is 10.1. The van der Waals surface area contributed by atoms with E-state index in [1.165, 1.54) is 0 Å². The third kappa shape index (κ3) is 4.50. The van der Waals surface area contributed by atoms with E-state index in [1.54, 1.807) is 6.92 Å². The van der Waals surface area contributed by atoms with E-state index in [0.717, 1.165) is 38.5 Å². The first-order valence-corrected chi connectivity index (χ1v) is 7.23. The molecule has 0 aromatic heterocycles. The fourth-order valence-corrected chi connectivity index (χ4v) is 2.75. The Morgan fingerprint density at radius 1 is 1.22 bits per heavy atom. The number of aliphatic hydroxyl groups is 2. The van der Waals surface area contributed by atoms with Crippen LogP contribution in [0.15, 0.2) is 0 Å². The van der Waals surface area contributed by atoms with Crippen molar-refractivity contribution < 1.29 is 19.7 Å². The molecule has 4 heteroatoms. The number of fused-ring (bicyclic) bond motifs is 1. The Morgan fingerprint density at radius 2 is 2.06 bits per heavy atom. The summed E-state index contributed by atoms with van der Waals surface area (Å²) in [4.78, 5) is 0. The van der Waals surface area contributed by atoms with Crippen molar-refractivity contribution in [1.82, 2.24) is 0 Å². The minimum Gasteiger partial charge on any atom is -0.396 e. The Hall–Kier alpha value is -0.160. The highest BCUT2D eigenvalue weighted by Crippen LogP contribution is 2.39. The Kier molecular flexibility index (Phi) is 5.01. The Morgan fingerprint density at radius 3 is 2.78 bits per heavy atom. The molecular weight excluding hydrogens is 232 g/mol. The van der Waals surface area contributed by atoms with Gasteiger partial charge in [-0.05, 0) is 44.9 Å². The van der Waals surface area contributed by atoms with Gasteiger partial charge in [0.2, 0.25) is 0 Å². The lowest BCUT2D eigenvalue weighted by molar-refractivity contribution is -0.202. The van der Waals surface area contributed by atoms with E-state index < -0.39 is 5.79 Å². The molecule has 0 radical (unpaired) electrons. The Bertz CT molecular complexity index is 254. The van der Waals surface area contributed by atoms with Gasteiger partial charge in [-0.2, -0.15) is 0 Å². The molecule has 2 N–H and O–H groups in total. The van der Waals surface area contributed by atoms with Crippen LogP contribution < -0.4 is 0 Å². The van der Waals surface area contributed by atoms with Crippen LogP contribution in [0.2, 0.25) is 0 Å². The van der Waals surface area contributed by atoms with E-state index in [-0.39, 0.29) is 6.61 Å². The van der Waals surface area contributed by atoms with E-state index >= 15 is 0 Å². The molecule has 1 saturated carbocycles. The highest BCUT2D eigenvalue weighted by molar-refractivity contribution is 4.91. The third-order valence-electron chi connectivity index (χ3n) is 4.04. The highest BCUT2D eigenvalue weighted by atomic mass is 16.6. The summed E-state index contributed by atoms with van der Waals surface area (Å²) in [6.45, 7) is 2.61. The summed E-state index contributed by atoms with van der Waals surface area (Å²) in [6, 6.07) is 0. The van der Waals surface area contributed by atoms with Crippen LogP contribution in [0.25, 0.3) is 0 Å². The van der Waals surface area contributed by atoms with Gasteiger partial charge in [0.05, 0.1) is 18.8 Å². The average molecular weight is 258 g/mol. The summed E-state index contributed by atoms with van der Waals surface area (Å²) in [7, 11) is 0. The second-order valence-corrected chi connectivity index (χ2v) is 5.91. The molecule has 2 fully saturated rings. The zero-order valence-corrected chi connectivity index (χ0v) is 11.3. The van der Waals surface area contributed by atoms with Gasteiger partial charge in [0, 0.05) is 13.0 Å². The van der Waals surface area contributed by atoms with Crippen LogP contribution >= 0.6 is 0 Å². The van der Waals surface area contributed by atoms with Gasteiger partial charge in [-0.1, -0.05) is 6.42 Å². The van der Waals surface area contributed by atoms with Crippen LogP contribution in [0.3, 0.4) is 0 Å². The van der Waals surface area contributed by atoms with Crippen molar-refractivity contribution in [2.24, 2.45) is 5.92 Å². The van der Waals surface area contributed by atoms with Crippen molar-refractivity contribution in [2.75, 3.05) is 13.2 Å². The summed E-state index contributed by atoms with van der Waals surface area (Å²) >= 11 is 0. The van der Waals surface area contributed by atoms with E-state index in [0.29, 0.717) is 31.2 Å². The van der Waals surface area contributed by atoms with Crippen LogP contribution in [0.4, 0.5) is 0 Å². The molecular formula is C14H26O4. The van der Waals surface area contributed by atoms with E-state index in [1.807, 2.05) is 0 Å². The summed E-state index contributed by atoms with van der Waals surface area (Å²) < 4.78 is 11.1. The van der Waals surface area contributed by atoms with Gasteiger partial charge in [0.25, 0.3) is 0 Å². The molecule has 18 heavy (non-hydrogen) atoms. The Labute approximate surface area is 109 Å². The summed E-state index contributed by atoms with van der Waals surface area (Å²) in [6.07, 6.45) is 7.68. The molecule has 0 amide bonds. The van der Waals surface area contributed by atoms with Crippen molar-refractivity contribution in [2.45, 2.75) is 69.9 Å². The van der Waals surface area contributed by atoms with E-state index in [9.17, 15) is 5.11 Å². The van der Waals surface area contributed by atoms with Crippen LogP contribution in [0.1, 0.15) is 51.9 Å². The molecule has 106 valence electrons. The van der Waals surface area contributed by atoms with Gasteiger partial charge in [-0.25, -0.2) is 0 Å². The second kappa shape index (κ2) is 6.33. The smallest absolute Gasteiger partial charge is 0.162 e. The molecule has 1 heterocycles. The molecule has 1 saturated heterocycles. The molecule has 4 nitrogen and oxygen atoms in total. The van der Waals surface area contributed by atoms with E-state index in [4.69, 9.17) is 14.6 Å². The molecule has 1 aliphatic heterocycles. The number of hydrogen-bond donors (Lipinski definition) is 2. The number of unbranched alkanes of at least 4 members (excludes halogenated alkanes) is 2. The highest BCUT2D eigenvalue weighted by Gasteiger charge is 2.44. The van der Waals surface area contributed by atoms with Crippen LogP contribution in [-0.4, -0.2) is 41.4 Å². The van der Waals surface area contributed by atoms with Crippen molar-refractivity contribution in [3.05, 3.63) is 0 Å². The molecule has 4 atom stereocenters. The third-order valence-corrected chi connectivity index (χ3v) is 4.04. The fraction of sp³-hybridized carbons (Fsp3) is 1.00. The lowest BCUT2D eigenvalue weighted by Crippen LogP contribution is -2.31. The Balaban J connectivity index is 1.58. The molecule has 0 aromatic carbocycles. The summed E-state index contributed by atoms with van der Waals surface area (Å²) in [5.74, 6) is -0.478. The molecule has 0 aromatic rings. The number of epoxide rings is 1. The van der Waals surface area contributed by atoms with E-state index in [2.05, 4.69) is 0 Å².